The third-order valence-electron chi connectivity index (χ3n) is 6.03. The van der Waals surface area contributed by atoms with Crippen LogP contribution >= 0.6 is 0 Å². The molecule has 1 amide bonds. The van der Waals surface area contributed by atoms with E-state index < -0.39 is 17.5 Å². The topological polar surface area (TPSA) is 104 Å². The second kappa shape index (κ2) is 7.47. The minimum atomic E-state index is -1.67. The number of likely N-dealkylation sites (N-methyl/N-ethyl adjacent to an activating group) is 1. The zero-order chi connectivity index (χ0) is 22.4. The second-order valence-electron chi connectivity index (χ2n) is 9.13. The van der Waals surface area contributed by atoms with Crippen molar-refractivity contribution < 1.29 is 19.8 Å². The van der Waals surface area contributed by atoms with Gasteiger partial charge >= 0.3 is 5.97 Å². The minimum absolute atomic E-state index is 0.0174. The van der Waals surface area contributed by atoms with Gasteiger partial charge in [0, 0.05) is 42.4 Å². The molecule has 1 atom stereocenters. The number of fused-ring (bicyclic) bond motifs is 1. The van der Waals surface area contributed by atoms with Gasteiger partial charge in [0.15, 0.2) is 11.5 Å². The summed E-state index contributed by atoms with van der Waals surface area (Å²) in [5.74, 6) is 4.47. The van der Waals surface area contributed by atoms with E-state index in [4.69, 9.17) is 0 Å². The van der Waals surface area contributed by atoms with E-state index in [0.29, 0.717) is 36.3 Å². The zero-order valence-corrected chi connectivity index (χ0v) is 17.9. The average molecular weight is 419 g/mol. The van der Waals surface area contributed by atoms with Crippen molar-refractivity contribution in [2.45, 2.75) is 45.1 Å². The number of aliphatic hydroxyl groups is 1. The number of hydrogen-bond acceptors (Lipinski definition) is 5. The fourth-order valence-corrected chi connectivity index (χ4v) is 4.13. The molecule has 4 rings (SSSR count). The smallest absolute Gasteiger partial charge is 0.354 e. The molecule has 1 fully saturated rings. The molecule has 1 aromatic carbocycles. The molecule has 0 unspecified atom stereocenters. The summed E-state index contributed by atoms with van der Waals surface area (Å²) < 4.78 is 0. The van der Waals surface area contributed by atoms with Gasteiger partial charge in [0.1, 0.15) is 0 Å². The third-order valence-corrected chi connectivity index (χ3v) is 6.03. The van der Waals surface area contributed by atoms with Crippen molar-refractivity contribution in [1.82, 2.24) is 14.9 Å². The van der Waals surface area contributed by atoms with Crippen LogP contribution < -0.4 is 0 Å². The fourth-order valence-electron chi connectivity index (χ4n) is 4.13. The molecule has 0 radical (unpaired) electrons. The van der Waals surface area contributed by atoms with E-state index in [1.54, 1.807) is 31.3 Å². The highest BCUT2D eigenvalue weighted by Crippen LogP contribution is 2.36. The van der Waals surface area contributed by atoms with E-state index in [1.807, 2.05) is 0 Å². The number of carboxylic acid groups (broad SMARTS) is 1. The largest absolute Gasteiger partial charge is 0.476 e. The molecule has 7 nitrogen and oxygen atoms in total. The molecular formula is C24H25N3O4. The van der Waals surface area contributed by atoms with Gasteiger partial charge in [0.25, 0.3) is 5.91 Å². The number of hydrogen-bond donors (Lipinski definition) is 2. The Morgan fingerprint density at radius 1 is 1.23 bits per heavy atom. The van der Waals surface area contributed by atoms with Crippen LogP contribution in [0.25, 0.3) is 11.4 Å². The van der Waals surface area contributed by atoms with Gasteiger partial charge in [-0.1, -0.05) is 37.8 Å². The summed E-state index contributed by atoms with van der Waals surface area (Å²) in [6.45, 7) is 4.71. The number of amides is 1. The molecule has 2 aliphatic rings. The molecule has 0 bridgehead atoms. The van der Waals surface area contributed by atoms with E-state index in [-0.39, 0.29) is 17.5 Å². The molecule has 1 aliphatic carbocycles. The lowest BCUT2D eigenvalue weighted by atomic mass is 9.75. The summed E-state index contributed by atoms with van der Waals surface area (Å²) >= 11 is 0. The molecule has 160 valence electrons. The van der Waals surface area contributed by atoms with E-state index >= 15 is 0 Å². The SMILES string of the molecule is CN1CC[C@@](O)(C#Cc2cccc(-c3nc4c(c(C(=O)O)n3)CC(C)(C)CC4)c2)C1=O. The lowest BCUT2D eigenvalue weighted by Gasteiger charge is -2.31. The predicted molar refractivity (Wildman–Crippen MR) is 114 cm³/mol. The predicted octanol–water partition coefficient (Wildman–Crippen LogP) is 2.30. The maximum Gasteiger partial charge on any atom is 0.354 e. The Hall–Kier alpha value is -3.24. The quantitative estimate of drug-likeness (QED) is 0.724. The number of carboxylic acids is 1. The van der Waals surface area contributed by atoms with Crippen molar-refractivity contribution in [3.63, 3.8) is 0 Å². The standard InChI is InChI=1S/C24H25N3O4/c1-23(2)9-8-18-17(14-23)19(21(28)29)26-20(25-18)16-6-4-5-15(13-16)7-10-24(31)11-12-27(3)22(24)30/h4-6,13,31H,8-9,11-12,14H2,1-3H3,(H,28,29)/t24-/m0/s1. The Balaban J connectivity index is 1.71. The van der Waals surface area contributed by atoms with Gasteiger partial charge < -0.3 is 15.1 Å². The van der Waals surface area contributed by atoms with Gasteiger partial charge in [-0.05, 0) is 36.8 Å². The number of carbonyl (C=O) groups is 2. The molecular weight excluding hydrogens is 394 g/mol. The molecule has 0 saturated carbocycles. The number of aryl methyl sites for hydroxylation is 1. The van der Waals surface area contributed by atoms with E-state index in [2.05, 4.69) is 35.7 Å². The third kappa shape index (κ3) is 4.04. The molecule has 2 heterocycles. The van der Waals surface area contributed by atoms with Crippen molar-refractivity contribution in [1.29, 1.82) is 0 Å². The van der Waals surface area contributed by atoms with Crippen molar-refractivity contribution in [3.8, 4) is 23.2 Å². The molecule has 2 N–H and O–H groups in total. The van der Waals surface area contributed by atoms with Crippen molar-refractivity contribution in [2.75, 3.05) is 13.6 Å². The molecule has 31 heavy (non-hydrogen) atoms. The van der Waals surface area contributed by atoms with Crippen molar-refractivity contribution in [2.24, 2.45) is 5.41 Å². The Bertz CT molecular complexity index is 1150. The molecule has 1 saturated heterocycles. The number of carbonyl (C=O) groups excluding carboxylic acids is 1. The Kier molecular flexibility index (Phi) is 5.06. The Labute approximate surface area is 181 Å². The van der Waals surface area contributed by atoms with Crippen LogP contribution in [-0.4, -0.2) is 56.2 Å². The average Bonchev–Trinajstić information content (AvgIpc) is 2.99. The van der Waals surface area contributed by atoms with Crippen LogP contribution in [0.4, 0.5) is 0 Å². The van der Waals surface area contributed by atoms with Crippen LogP contribution in [-0.2, 0) is 17.6 Å². The lowest BCUT2D eigenvalue weighted by Crippen LogP contribution is -2.37. The van der Waals surface area contributed by atoms with Gasteiger partial charge in [-0.2, -0.15) is 0 Å². The molecule has 2 aromatic rings. The van der Waals surface area contributed by atoms with Crippen LogP contribution in [0.3, 0.4) is 0 Å². The van der Waals surface area contributed by atoms with Crippen molar-refractivity contribution in [3.05, 3.63) is 46.8 Å². The molecule has 1 aliphatic heterocycles. The van der Waals surface area contributed by atoms with Gasteiger partial charge in [0.2, 0.25) is 5.60 Å². The first kappa shape index (κ1) is 21.0. The maximum absolute atomic E-state index is 12.1. The summed E-state index contributed by atoms with van der Waals surface area (Å²) in [5, 5.41) is 20.2. The molecule has 1 aromatic heterocycles. The van der Waals surface area contributed by atoms with Gasteiger partial charge in [-0.25, -0.2) is 14.8 Å². The minimum Gasteiger partial charge on any atom is -0.476 e. The first-order valence-electron chi connectivity index (χ1n) is 10.3. The first-order chi connectivity index (χ1) is 14.6. The van der Waals surface area contributed by atoms with Crippen LogP contribution in [0.1, 0.15) is 54.0 Å². The summed E-state index contributed by atoms with van der Waals surface area (Å²) in [7, 11) is 1.64. The van der Waals surface area contributed by atoms with E-state index in [9.17, 15) is 19.8 Å². The van der Waals surface area contributed by atoms with Gasteiger partial charge in [-0.15, -0.1) is 0 Å². The van der Waals surface area contributed by atoms with Crippen LogP contribution in [0, 0.1) is 17.3 Å². The van der Waals surface area contributed by atoms with Crippen molar-refractivity contribution >= 4 is 11.9 Å². The number of benzene rings is 1. The van der Waals surface area contributed by atoms with E-state index in [1.165, 1.54) is 4.90 Å². The number of nitrogens with zero attached hydrogens (tertiary/aromatic N) is 3. The Morgan fingerprint density at radius 3 is 2.68 bits per heavy atom. The first-order valence-corrected chi connectivity index (χ1v) is 10.3. The van der Waals surface area contributed by atoms with E-state index in [0.717, 1.165) is 17.7 Å². The lowest BCUT2D eigenvalue weighted by molar-refractivity contribution is -0.137. The second-order valence-corrected chi connectivity index (χ2v) is 9.13. The highest BCUT2D eigenvalue weighted by atomic mass is 16.4. The maximum atomic E-state index is 12.1. The van der Waals surface area contributed by atoms with Crippen LogP contribution in [0.5, 0.6) is 0 Å². The normalized spacial score (nSPS) is 21.9. The number of aromatic carboxylic acids is 1. The number of rotatable bonds is 2. The summed E-state index contributed by atoms with van der Waals surface area (Å²) in [6.07, 6.45) is 2.54. The van der Waals surface area contributed by atoms with Crippen LogP contribution in [0.15, 0.2) is 24.3 Å². The highest BCUT2D eigenvalue weighted by Gasteiger charge is 2.42. The fraction of sp³-hybridized carbons (Fsp3) is 0.417. The summed E-state index contributed by atoms with van der Waals surface area (Å²) in [4.78, 5) is 34.5. The van der Waals surface area contributed by atoms with Gasteiger partial charge in [-0.3, -0.25) is 4.79 Å². The number of likely N-dealkylation sites (tertiary alicyclic amines) is 1. The van der Waals surface area contributed by atoms with Crippen LogP contribution in [0.2, 0.25) is 0 Å². The molecule has 7 heteroatoms. The Morgan fingerprint density at radius 2 is 2.00 bits per heavy atom. The number of aromatic nitrogens is 2. The highest BCUT2D eigenvalue weighted by molar-refractivity contribution is 5.90. The molecule has 0 spiro atoms. The summed E-state index contributed by atoms with van der Waals surface area (Å²) in [5.41, 5.74) is 1.14. The van der Waals surface area contributed by atoms with Gasteiger partial charge in [0.05, 0.1) is 0 Å². The zero-order valence-electron chi connectivity index (χ0n) is 17.9. The monoisotopic (exact) mass is 419 g/mol. The summed E-state index contributed by atoms with van der Waals surface area (Å²) in [6, 6.07) is 7.09.